The van der Waals surface area contributed by atoms with Crippen LogP contribution in [0.4, 0.5) is 15.8 Å². The van der Waals surface area contributed by atoms with Gasteiger partial charge in [-0.25, -0.2) is 4.98 Å². The number of aryl methyl sites for hydroxylation is 1. The van der Waals surface area contributed by atoms with E-state index in [9.17, 15) is 4.79 Å². The number of halogens is 1. The van der Waals surface area contributed by atoms with Crippen molar-refractivity contribution in [2.75, 3.05) is 5.32 Å². The molecule has 7 heteroatoms. The number of nitrogens with zero attached hydrogens (tertiary/aromatic N) is 3. The molecule has 5 nitrogen and oxygen atoms in total. The highest BCUT2D eigenvalue weighted by molar-refractivity contribution is 7.19. The van der Waals surface area contributed by atoms with Gasteiger partial charge in [0.15, 0.2) is 10.1 Å². The van der Waals surface area contributed by atoms with Gasteiger partial charge in [0.1, 0.15) is 5.69 Å². The Morgan fingerprint density at radius 3 is 2.60 bits per heavy atom. The van der Waals surface area contributed by atoms with Crippen molar-refractivity contribution in [3.05, 3.63) is 59.1 Å². The van der Waals surface area contributed by atoms with Crippen molar-refractivity contribution in [2.24, 2.45) is 10.2 Å². The Kier molecular flexibility index (Phi) is 5.21. The predicted molar refractivity (Wildman–Crippen MR) is 102 cm³/mol. The van der Waals surface area contributed by atoms with Crippen molar-refractivity contribution < 1.29 is 4.79 Å². The zero-order chi connectivity index (χ0) is 17.8. The lowest BCUT2D eigenvalue weighted by atomic mass is 10.2. The van der Waals surface area contributed by atoms with Crippen molar-refractivity contribution in [3.8, 4) is 11.3 Å². The molecule has 3 rings (SSSR count). The van der Waals surface area contributed by atoms with Gasteiger partial charge in [-0.15, -0.1) is 10.2 Å². The quantitative estimate of drug-likeness (QED) is 0.560. The Morgan fingerprint density at radius 2 is 1.92 bits per heavy atom. The van der Waals surface area contributed by atoms with E-state index in [-0.39, 0.29) is 5.91 Å². The maximum Gasteiger partial charge on any atom is 0.223 e. The van der Waals surface area contributed by atoms with E-state index >= 15 is 0 Å². The molecule has 0 saturated carbocycles. The largest absolute Gasteiger partial charge is 0.302 e. The fourth-order valence-corrected chi connectivity index (χ4v) is 3.39. The number of thiazole rings is 1. The second kappa shape index (κ2) is 7.55. The molecule has 0 radical (unpaired) electrons. The third-order valence-corrected chi connectivity index (χ3v) is 4.30. The summed E-state index contributed by atoms with van der Waals surface area (Å²) in [4.78, 5) is 15.8. The summed E-state index contributed by atoms with van der Waals surface area (Å²) in [7, 11) is 0. The zero-order valence-corrected chi connectivity index (χ0v) is 15.2. The fourth-order valence-electron chi connectivity index (χ4n) is 2.25. The molecule has 0 atom stereocenters. The number of rotatable bonds is 4. The fraction of sp³-hybridized carbons (Fsp3) is 0.111. The first-order valence-electron chi connectivity index (χ1n) is 7.54. The summed E-state index contributed by atoms with van der Waals surface area (Å²) in [5.74, 6) is -0.178. The number of azo groups is 1. The van der Waals surface area contributed by atoms with E-state index < -0.39 is 0 Å². The molecule has 25 heavy (non-hydrogen) atoms. The third-order valence-electron chi connectivity index (χ3n) is 3.22. The van der Waals surface area contributed by atoms with Crippen molar-refractivity contribution >= 4 is 44.7 Å². The first kappa shape index (κ1) is 17.3. The second-order valence-electron chi connectivity index (χ2n) is 5.41. The zero-order valence-electron chi connectivity index (χ0n) is 13.7. The lowest BCUT2D eigenvalue weighted by molar-refractivity contribution is -0.114. The highest BCUT2D eigenvalue weighted by atomic mass is 35.5. The standard InChI is InChI=1S/C18H15ClN4OS/c1-11-8-14(19)10-15(9-11)22-23-17-16(13-6-4-3-5-7-13)21-18(25-17)20-12(2)24/h3-10H,1-2H3,(H,20,21,24). The number of hydrogen-bond donors (Lipinski definition) is 1. The molecule has 1 N–H and O–H groups in total. The van der Waals surface area contributed by atoms with Gasteiger partial charge in [0.2, 0.25) is 5.91 Å². The van der Waals surface area contributed by atoms with Gasteiger partial charge in [-0.3, -0.25) is 4.79 Å². The van der Waals surface area contributed by atoms with Crippen molar-refractivity contribution in [1.82, 2.24) is 4.98 Å². The molecule has 1 heterocycles. The van der Waals surface area contributed by atoms with Crippen molar-refractivity contribution in [3.63, 3.8) is 0 Å². The first-order chi connectivity index (χ1) is 12.0. The summed E-state index contributed by atoms with van der Waals surface area (Å²) in [5.41, 5.74) is 3.26. The van der Waals surface area contributed by atoms with Gasteiger partial charge in [0, 0.05) is 17.5 Å². The Morgan fingerprint density at radius 1 is 1.16 bits per heavy atom. The van der Waals surface area contributed by atoms with Gasteiger partial charge >= 0.3 is 0 Å². The van der Waals surface area contributed by atoms with Crippen LogP contribution in [0.5, 0.6) is 0 Å². The Balaban J connectivity index is 2.00. The Bertz CT molecular complexity index is 917. The molecule has 0 aliphatic carbocycles. The van der Waals surface area contributed by atoms with Gasteiger partial charge < -0.3 is 5.32 Å². The van der Waals surface area contributed by atoms with E-state index in [0.717, 1.165) is 11.1 Å². The number of amides is 1. The van der Waals surface area contributed by atoms with E-state index in [1.807, 2.05) is 49.4 Å². The molecule has 1 aromatic heterocycles. The van der Waals surface area contributed by atoms with Crippen LogP contribution in [0, 0.1) is 6.92 Å². The van der Waals surface area contributed by atoms with Crippen LogP contribution in [-0.4, -0.2) is 10.9 Å². The van der Waals surface area contributed by atoms with Crippen LogP contribution in [0.25, 0.3) is 11.3 Å². The molecule has 1 amide bonds. The van der Waals surface area contributed by atoms with Crippen LogP contribution in [0.2, 0.25) is 5.02 Å². The molecule has 0 saturated heterocycles. The van der Waals surface area contributed by atoms with Crippen LogP contribution >= 0.6 is 22.9 Å². The van der Waals surface area contributed by atoms with E-state index in [2.05, 4.69) is 20.5 Å². The minimum Gasteiger partial charge on any atom is -0.302 e. The van der Waals surface area contributed by atoms with Crippen molar-refractivity contribution in [2.45, 2.75) is 13.8 Å². The molecular formula is C18H15ClN4OS. The maximum atomic E-state index is 11.3. The van der Waals surface area contributed by atoms with Gasteiger partial charge in [-0.2, -0.15) is 0 Å². The molecule has 0 aliphatic rings. The van der Waals surface area contributed by atoms with E-state index in [0.29, 0.717) is 26.5 Å². The summed E-state index contributed by atoms with van der Waals surface area (Å²) in [6.07, 6.45) is 0. The molecule has 0 unspecified atom stereocenters. The van der Waals surface area contributed by atoms with Crippen LogP contribution in [0.3, 0.4) is 0 Å². The highest BCUT2D eigenvalue weighted by Crippen LogP contribution is 2.39. The topological polar surface area (TPSA) is 66.7 Å². The monoisotopic (exact) mass is 370 g/mol. The number of benzene rings is 2. The molecule has 2 aromatic carbocycles. The molecule has 3 aromatic rings. The average molecular weight is 371 g/mol. The molecule has 0 fully saturated rings. The third kappa shape index (κ3) is 4.49. The lowest BCUT2D eigenvalue weighted by Gasteiger charge is -1.98. The van der Waals surface area contributed by atoms with Gasteiger partial charge in [-0.05, 0) is 30.7 Å². The summed E-state index contributed by atoms with van der Waals surface area (Å²) in [6.45, 7) is 3.39. The summed E-state index contributed by atoms with van der Waals surface area (Å²) in [6, 6.07) is 15.2. The normalized spacial score (nSPS) is 11.0. The molecule has 0 spiro atoms. The van der Waals surface area contributed by atoms with Crippen LogP contribution in [-0.2, 0) is 4.79 Å². The van der Waals surface area contributed by atoms with Gasteiger partial charge in [0.25, 0.3) is 0 Å². The molecular weight excluding hydrogens is 356 g/mol. The van der Waals surface area contributed by atoms with E-state index in [4.69, 9.17) is 11.6 Å². The molecule has 0 bridgehead atoms. The van der Waals surface area contributed by atoms with Gasteiger partial charge in [-0.1, -0.05) is 53.3 Å². The summed E-state index contributed by atoms with van der Waals surface area (Å²) < 4.78 is 0. The number of aromatic nitrogens is 1. The Labute approximate surface area is 154 Å². The minimum atomic E-state index is -0.178. The summed E-state index contributed by atoms with van der Waals surface area (Å²) in [5, 5.41) is 13.0. The number of carbonyl (C=O) groups excluding carboxylic acids is 1. The molecule has 0 aliphatic heterocycles. The van der Waals surface area contributed by atoms with Crippen LogP contribution in [0.1, 0.15) is 12.5 Å². The minimum absolute atomic E-state index is 0.178. The van der Waals surface area contributed by atoms with Crippen LogP contribution in [0.15, 0.2) is 58.8 Å². The van der Waals surface area contributed by atoms with Crippen molar-refractivity contribution in [1.29, 1.82) is 0 Å². The van der Waals surface area contributed by atoms with E-state index in [1.54, 1.807) is 6.07 Å². The molecule has 126 valence electrons. The number of anilines is 1. The highest BCUT2D eigenvalue weighted by Gasteiger charge is 2.13. The number of carbonyl (C=O) groups is 1. The maximum absolute atomic E-state index is 11.3. The lowest BCUT2D eigenvalue weighted by Crippen LogP contribution is -2.04. The van der Waals surface area contributed by atoms with Crippen LogP contribution < -0.4 is 5.32 Å². The van der Waals surface area contributed by atoms with Gasteiger partial charge in [0.05, 0.1) is 5.69 Å². The SMILES string of the molecule is CC(=O)Nc1nc(-c2ccccc2)c(N=Nc2cc(C)cc(Cl)c2)s1. The smallest absolute Gasteiger partial charge is 0.223 e. The Hall–Kier alpha value is -2.57. The first-order valence-corrected chi connectivity index (χ1v) is 8.73. The average Bonchev–Trinajstić information content (AvgIpc) is 2.95. The number of nitrogens with one attached hydrogen (secondary N) is 1. The van der Waals surface area contributed by atoms with E-state index in [1.165, 1.54) is 18.3 Å². The summed E-state index contributed by atoms with van der Waals surface area (Å²) >= 11 is 7.34. The number of hydrogen-bond acceptors (Lipinski definition) is 5. The predicted octanol–water partition coefficient (Wildman–Crippen LogP) is 6.15. The second-order valence-corrected chi connectivity index (χ2v) is 6.82.